The number of carbonyl (C=O) groups is 9. The number of amidine groups is 1. The number of carbonyl (C=O) groups excluding carboxylic acids is 7. The zero-order valence-corrected chi connectivity index (χ0v) is 32.0. The van der Waals surface area contributed by atoms with E-state index in [1.165, 1.54) is 13.8 Å². The molecular formula is C37H67BN11O11. The zero-order chi connectivity index (χ0) is 41.9. The summed E-state index contributed by atoms with van der Waals surface area (Å²) in [6, 6.07) is -1.09. The maximum atomic E-state index is 11.8. The van der Waals surface area contributed by atoms with Crippen LogP contribution in [0.2, 0.25) is 0 Å². The molecule has 23 heteroatoms. The number of carboxylic acids is 2. The van der Waals surface area contributed by atoms with Crippen LogP contribution in [-0.4, -0.2) is 131 Å². The third-order valence-electron chi connectivity index (χ3n) is 8.07. The molecular weight excluding hydrogens is 785 g/mol. The van der Waals surface area contributed by atoms with Crippen LogP contribution in [-0.2, 0) is 43.2 Å². The standard InChI is InChI=1S/C10H14N4O3.C10H14N2O2.C7H11NO2.C3H5N3O2.C3H7NO2.4CH4.B/c1-7(15)8-3-2-4-9(16)14(8)10(17)5-6-12-13-11;1-7(13)8-3-2-4-9-11-6-5-10(14)12(8)9;1-5(9)6-3-2-4-7(10)8-6;4-6-5-2-1-3(7)8;4-2-1-3(5)6;;;;;/h8H,2-6H2,1H3;8H,2-6H2,1H3;6H,2-4H2,1H3,(H,8,10);1-2H2,(H,7,8);1-2,4H2,(H,5,6);4*1H4;. The first kappa shape index (κ1) is 66.2. The van der Waals surface area contributed by atoms with Crippen molar-refractivity contribution < 1.29 is 53.4 Å². The van der Waals surface area contributed by atoms with Gasteiger partial charge in [0.1, 0.15) is 5.84 Å². The number of aliphatic imine (C=N–C) groups is 1. The minimum absolute atomic E-state index is 0. The maximum Gasteiger partial charge on any atom is 0.304 e. The number of amides is 4. The predicted octanol–water partition coefficient (Wildman–Crippen LogP) is 4.54. The molecule has 0 aromatic heterocycles. The number of likely N-dealkylation sites (tertiary alicyclic amines) is 1. The first-order chi connectivity index (χ1) is 26.0. The van der Waals surface area contributed by atoms with Crippen LogP contribution < -0.4 is 11.1 Å². The number of rotatable bonds is 11. The van der Waals surface area contributed by atoms with E-state index in [9.17, 15) is 43.2 Å². The molecule has 339 valence electrons. The van der Waals surface area contributed by atoms with E-state index in [1.54, 1.807) is 11.8 Å². The van der Waals surface area contributed by atoms with Crippen molar-refractivity contribution in [3.05, 3.63) is 20.9 Å². The first-order valence-electron chi connectivity index (χ1n) is 17.7. The van der Waals surface area contributed by atoms with Crippen molar-refractivity contribution in [3.63, 3.8) is 0 Å². The van der Waals surface area contributed by atoms with Gasteiger partial charge in [0.15, 0.2) is 17.3 Å². The highest BCUT2D eigenvalue weighted by atomic mass is 16.4. The number of Topliss-reactive ketones (excluding diaryl/α,β-unsaturated/α-hetero) is 3. The number of carboxylic acid groups (broad SMARTS) is 2. The maximum absolute atomic E-state index is 11.8. The van der Waals surface area contributed by atoms with Gasteiger partial charge >= 0.3 is 11.9 Å². The molecule has 0 spiro atoms. The number of nitrogens with zero attached hydrogens (tertiary/aromatic N) is 9. The van der Waals surface area contributed by atoms with E-state index >= 15 is 0 Å². The van der Waals surface area contributed by atoms with Gasteiger partial charge in [-0.05, 0) is 70.4 Å². The van der Waals surface area contributed by atoms with Gasteiger partial charge in [0.2, 0.25) is 23.6 Å². The van der Waals surface area contributed by atoms with Crippen molar-refractivity contribution in [2.45, 2.75) is 152 Å². The Labute approximate surface area is 355 Å². The number of nitrogens with two attached hydrogens (primary N) is 1. The molecule has 4 rings (SSSR count). The van der Waals surface area contributed by atoms with Crippen molar-refractivity contribution in [2.24, 2.45) is 21.0 Å². The topological polar surface area (TPSA) is 349 Å². The smallest absolute Gasteiger partial charge is 0.304 e. The first-order valence-corrected chi connectivity index (χ1v) is 17.7. The van der Waals surface area contributed by atoms with E-state index in [-0.39, 0.29) is 131 Å². The van der Waals surface area contributed by atoms with Crippen molar-refractivity contribution in [1.82, 2.24) is 15.1 Å². The van der Waals surface area contributed by atoms with Gasteiger partial charge in [-0.3, -0.25) is 57.9 Å². The van der Waals surface area contributed by atoms with Crippen molar-refractivity contribution in [3.8, 4) is 0 Å². The normalized spacial score (nSPS) is 18.0. The minimum Gasteiger partial charge on any atom is -0.481 e. The molecule has 0 aromatic rings. The van der Waals surface area contributed by atoms with Gasteiger partial charge in [-0.1, -0.05) is 39.9 Å². The SMILES string of the molecule is C.C.C.C.CC(=O)C1CCCC(=O)N1.CC(=O)C1CCCC(=O)N1C(=O)CCN=[N+]=[N-].CC(=O)C1CCCC2=NCCC(=O)N21.NCCC(=O)O.[B].[N-]=[N+]=NCCC(=O)O. The van der Waals surface area contributed by atoms with Crippen LogP contribution in [0.1, 0.15) is 134 Å². The summed E-state index contributed by atoms with van der Waals surface area (Å²) in [4.78, 5) is 110. The zero-order valence-electron chi connectivity index (χ0n) is 32.0. The predicted molar refractivity (Wildman–Crippen MR) is 228 cm³/mol. The van der Waals surface area contributed by atoms with Gasteiger partial charge in [0.05, 0.1) is 31.0 Å². The van der Waals surface area contributed by atoms with E-state index in [1.807, 2.05) is 0 Å². The summed E-state index contributed by atoms with van der Waals surface area (Å²) < 4.78 is 0. The van der Waals surface area contributed by atoms with Gasteiger partial charge in [0.25, 0.3) is 0 Å². The summed E-state index contributed by atoms with van der Waals surface area (Å²) in [6.45, 7) is 5.29. The number of imide groups is 1. The van der Waals surface area contributed by atoms with Crippen molar-refractivity contribution in [2.75, 3.05) is 26.2 Å². The largest absolute Gasteiger partial charge is 0.481 e. The Kier molecular flexibility index (Phi) is 41.5. The van der Waals surface area contributed by atoms with Gasteiger partial charge in [0, 0.05) is 76.5 Å². The minimum atomic E-state index is -0.947. The highest BCUT2D eigenvalue weighted by Crippen LogP contribution is 2.23. The quantitative estimate of drug-likeness (QED) is 0.0963. The summed E-state index contributed by atoms with van der Waals surface area (Å²) in [6.07, 6.45) is 6.65. The molecule has 4 aliphatic rings. The van der Waals surface area contributed by atoms with Crippen LogP contribution in [0.15, 0.2) is 15.2 Å². The Morgan fingerprint density at radius 3 is 1.67 bits per heavy atom. The molecule has 0 bridgehead atoms. The van der Waals surface area contributed by atoms with Crippen molar-refractivity contribution >= 4 is 67.2 Å². The molecule has 4 heterocycles. The van der Waals surface area contributed by atoms with Gasteiger partial charge in [-0.2, -0.15) is 0 Å². The third kappa shape index (κ3) is 27.1. The van der Waals surface area contributed by atoms with Crippen LogP contribution in [0.3, 0.4) is 0 Å². The fraction of sp³-hybridized carbons (Fsp3) is 0.730. The molecule has 0 saturated carbocycles. The summed E-state index contributed by atoms with van der Waals surface area (Å²) >= 11 is 0. The highest BCUT2D eigenvalue weighted by Gasteiger charge is 2.36. The van der Waals surface area contributed by atoms with Crippen LogP contribution in [0, 0.1) is 0 Å². The van der Waals surface area contributed by atoms with E-state index in [0.717, 1.165) is 42.8 Å². The van der Waals surface area contributed by atoms with E-state index < -0.39 is 23.9 Å². The number of nitrogens with one attached hydrogen (secondary N) is 1. The monoisotopic (exact) mass is 853 g/mol. The molecule has 60 heavy (non-hydrogen) atoms. The lowest BCUT2D eigenvalue weighted by molar-refractivity contribution is -0.153. The van der Waals surface area contributed by atoms with Gasteiger partial charge in [-0.25, -0.2) is 0 Å². The summed E-state index contributed by atoms with van der Waals surface area (Å²) in [7, 11) is 0. The number of azide groups is 2. The van der Waals surface area contributed by atoms with Crippen LogP contribution >= 0.6 is 0 Å². The molecule has 3 atom stereocenters. The molecule has 0 aromatic carbocycles. The number of hydrogen-bond acceptors (Lipinski definition) is 13. The van der Waals surface area contributed by atoms with Crippen LogP contribution in [0.25, 0.3) is 20.9 Å². The second-order valence-corrected chi connectivity index (χ2v) is 12.4. The molecule has 4 aliphatic heterocycles. The molecule has 3 saturated heterocycles. The molecule has 5 N–H and O–H groups in total. The average Bonchev–Trinajstić information content (AvgIpc) is 3.12. The fourth-order valence-corrected chi connectivity index (χ4v) is 5.45. The molecule has 22 nitrogen and oxygen atoms in total. The van der Waals surface area contributed by atoms with E-state index in [2.05, 4.69) is 30.4 Å². The Morgan fingerprint density at radius 2 is 1.23 bits per heavy atom. The summed E-state index contributed by atoms with van der Waals surface area (Å²) in [5.74, 6) is -1.69. The Balaban J connectivity index is -0.000000155. The van der Waals surface area contributed by atoms with E-state index in [4.69, 9.17) is 27.0 Å². The van der Waals surface area contributed by atoms with Crippen LogP contribution in [0.5, 0.6) is 0 Å². The van der Waals surface area contributed by atoms with Gasteiger partial charge < -0.3 is 21.3 Å². The number of hydrogen-bond donors (Lipinski definition) is 4. The van der Waals surface area contributed by atoms with Gasteiger partial charge in [-0.15, -0.1) is 0 Å². The molecule has 3 unspecified atom stereocenters. The molecule has 0 aliphatic carbocycles. The summed E-state index contributed by atoms with van der Waals surface area (Å²) in [5.41, 5.74) is 20.6. The Hall–Kier alpha value is -5.66. The second kappa shape index (κ2) is 37.6. The lowest BCUT2D eigenvalue weighted by Crippen LogP contribution is -2.52. The average molecular weight is 853 g/mol. The lowest BCUT2D eigenvalue weighted by Gasteiger charge is -2.37. The van der Waals surface area contributed by atoms with Crippen molar-refractivity contribution in [1.29, 1.82) is 0 Å². The number of ketones is 3. The lowest BCUT2D eigenvalue weighted by atomic mass is 9.97. The Bertz CT molecular complexity index is 1530. The number of aliphatic carboxylic acids is 2. The molecule has 3 fully saturated rings. The third-order valence-corrected chi connectivity index (χ3v) is 8.07. The number of fused-ring (bicyclic) bond motifs is 1. The molecule has 3 radical (unpaired) electrons. The second-order valence-electron chi connectivity index (χ2n) is 12.4. The van der Waals surface area contributed by atoms with Crippen LogP contribution in [0.4, 0.5) is 0 Å². The van der Waals surface area contributed by atoms with E-state index in [0.29, 0.717) is 32.2 Å². The Morgan fingerprint density at radius 1 is 0.733 bits per heavy atom. The summed E-state index contributed by atoms with van der Waals surface area (Å²) in [5, 5.41) is 24.7. The highest BCUT2D eigenvalue weighted by molar-refractivity contribution is 6.05. The molecule has 4 amide bonds. The number of piperidine rings is 3. The fourth-order valence-electron chi connectivity index (χ4n) is 5.45.